The molecule has 2 heterocycles. The van der Waals surface area contributed by atoms with Gasteiger partial charge in [-0.1, -0.05) is 97.1 Å². The Bertz CT molecular complexity index is 3120. The Morgan fingerprint density at radius 3 is 1.18 bits per heavy atom. The van der Waals surface area contributed by atoms with Gasteiger partial charge in [0.15, 0.2) is 0 Å². The molecule has 0 aromatic heterocycles. The molecule has 0 unspecified atom stereocenters. The molecule has 0 radical (unpaired) electrons. The molecule has 28 heteroatoms. The predicted molar refractivity (Wildman–Crippen MR) is 348 cm³/mol. The summed E-state index contributed by atoms with van der Waals surface area (Å²) in [5, 5.41) is 103. The molecule has 506 valence electrons. The quantitative estimate of drug-likeness (QED) is 0.0263. The summed E-state index contributed by atoms with van der Waals surface area (Å²) in [6.07, 6.45) is -14.8. The predicted octanol–water partition coefficient (Wildman–Crippen LogP) is 3.13. The minimum absolute atomic E-state index is 0.0488. The van der Waals surface area contributed by atoms with Crippen LogP contribution in [0.5, 0.6) is 0 Å². The first-order valence-electron chi connectivity index (χ1n) is 30.4. The number of hydrogen-bond donors (Lipinski definition) is 14. The van der Waals surface area contributed by atoms with E-state index in [2.05, 4.69) is 31.9 Å². The zero-order valence-corrected chi connectivity index (χ0v) is 53.3. The lowest BCUT2D eigenvalue weighted by Crippen LogP contribution is -2.68. The summed E-state index contributed by atoms with van der Waals surface area (Å²) < 4.78 is 23.2. The van der Waals surface area contributed by atoms with Crippen LogP contribution in [0, 0.1) is 0 Å². The van der Waals surface area contributed by atoms with Crippen LogP contribution in [0.25, 0.3) is 22.3 Å². The van der Waals surface area contributed by atoms with Crippen molar-refractivity contribution in [3.63, 3.8) is 0 Å². The van der Waals surface area contributed by atoms with Gasteiger partial charge in [-0.2, -0.15) is 23.5 Å². The van der Waals surface area contributed by atoms with Crippen LogP contribution >= 0.6 is 23.5 Å². The average molecular weight is 1340 g/mol. The van der Waals surface area contributed by atoms with Crippen LogP contribution in [-0.2, 0) is 47.7 Å². The number of carbonyl (C=O) groups excluding carboxylic acids is 6. The number of para-hydroxylation sites is 2. The molecular formula is C66H80N6O20S2. The minimum atomic E-state index is -2.52. The average Bonchev–Trinajstić information content (AvgIpc) is 0.783. The number of aliphatic carboxylic acids is 2. The summed E-state index contributed by atoms with van der Waals surface area (Å²) in [6.45, 7) is 0.816. The van der Waals surface area contributed by atoms with Crippen LogP contribution in [-0.4, -0.2) is 210 Å². The summed E-state index contributed by atoms with van der Waals surface area (Å²) in [5.41, 5.74) is 4.82. The molecule has 0 bridgehead atoms. The zero-order chi connectivity index (χ0) is 68.0. The largest absolute Gasteiger partial charge is 0.477 e. The third-order valence-corrected chi connectivity index (χ3v) is 17.5. The molecule has 2 aliphatic heterocycles. The molecule has 26 nitrogen and oxygen atoms in total. The van der Waals surface area contributed by atoms with E-state index in [9.17, 15) is 79.2 Å². The Kier molecular flexibility index (Phi) is 27.9. The van der Waals surface area contributed by atoms with Gasteiger partial charge in [0.25, 0.3) is 23.4 Å². The lowest BCUT2D eigenvalue weighted by molar-refractivity contribution is -0.310. The van der Waals surface area contributed by atoms with Crippen molar-refractivity contribution in [3.8, 4) is 22.3 Å². The molecular weight excluding hydrogens is 1260 g/mol. The topological polar surface area (TPSA) is 408 Å². The summed E-state index contributed by atoms with van der Waals surface area (Å²) in [6, 6.07) is 36.1. The minimum Gasteiger partial charge on any atom is -0.477 e. The highest BCUT2D eigenvalue weighted by atomic mass is 32.2. The third-order valence-electron chi connectivity index (χ3n) is 15.4. The SMILES string of the molecule is CC(=O)N[C@H]1[C@H]([C@H](O)[C@H](O)CNC(=O)c2ccc(-c3ccccc3)cc2)O[C@@](OCCCSCCC(=O)Nc2ccccc2NC(=O)CCSCCCO[C@]2(C(=O)O)C[C@H](O)[C@@H](NC(C)=O)[C@H]([C@H](O)[C@H](O)CNC(=O)c3ccc(-c4ccccc4)cc3)O2)(C(=O)O)C[C@@H]1O. The molecule has 7 rings (SSSR count). The number of aliphatic hydroxyl groups excluding tert-OH is 6. The van der Waals surface area contributed by atoms with Gasteiger partial charge in [0.1, 0.15) is 24.4 Å². The smallest absolute Gasteiger partial charge is 0.364 e. The molecule has 94 heavy (non-hydrogen) atoms. The van der Waals surface area contributed by atoms with Crippen LogP contribution in [0.2, 0.25) is 0 Å². The number of carboxylic acid groups (broad SMARTS) is 2. The first kappa shape index (κ1) is 73.6. The number of nitrogens with one attached hydrogen (secondary N) is 6. The van der Waals surface area contributed by atoms with Gasteiger partial charge in [0.2, 0.25) is 23.6 Å². The molecule has 5 aromatic carbocycles. The number of rotatable bonds is 34. The van der Waals surface area contributed by atoms with Gasteiger partial charge in [0.05, 0.1) is 61.1 Å². The highest BCUT2D eigenvalue weighted by molar-refractivity contribution is 7.99. The van der Waals surface area contributed by atoms with E-state index in [0.717, 1.165) is 36.1 Å². The zero-order valence-electron chi connectivity index (χ0n) is 51.7. The van der Waals surface area contributed by atoms with Gasteiger partial charge in [-0.15, -0.1) is 0 Å². The number of anilines is 2. The lowest BCUT2D eigenvalue weighted by atomic mass is 9.88. The van der Waals surface area contributed by atoms with Gasteiger partial charge in [0, 0.05) is 75.3 Å². The van der Waals surface area contributed by atoms with Crippen molar-refractivity contribution >= 4 is 82.3 Å². The number of ether oxygens (including phenoxy) is 4. The number of thioether (sulfide) groups is 2. The van der Waals surface area contributed by atoms with Crippen molar-refractivity contribution in [2.45, 2.75) is 125 Å². The fourth-order valence-electron chi connectivity index (χ4n) is 10.5. The monoisotopic (exact) mass is 1340 g/mol. The van der Waals surface area contributed by atoms with Gasteiger partial charge in [-0.3, -0.25) is 28.8 Å². The van der Waals surface area contributed by atoms with E-state index in [-0.39, 0.29) is 61.8 Å². The summed E-state index contributed by atoms with van der Waals surface area (Å²) in [7, 11) is 0. The van der Waals surface area contributed by atoms with E-state index in [1.54, 1.807) is 72.8 Å². The number of benzene rings is 5. The Morgan fingerprint density at radius 1 is 0.500 bits per heavy atom. The molecule has 12 atom stereocenters. The Labute approximate surface area is 550 Å². The molecule has 14 N–H and O–H groups in total. The summed E-state index contributed by atoms with van der Waals surface area (Å²) in [5.74, 6) is -10.1. The van der Waals surface area contributed by atoms with E-state index in [1.165, 1.54) is 23.5 Å². The van der Waals surface area contributed by atoms with E-state index >= 15 is 0 Å². The molecule has 5 aromatic rings. The number of hydrogen-bond acceptors (Lipinski definition) is 20. The second-order valence-corrected chi connectivity index (χ2v) is 24.9. The van der Waals surface area contributed by atoms with Crippen LogP contribution in [0.3, 0.4) is 0 Å². The van der Waals surface area contributed by atoms with E-state index in [0.29, 0.717) is 34.4 Å². The molecule has 2 fully saturated rings. The van der Waals surface area contributed by atoms with E-state index < -0.39 is 134 Å². The molecule has 0 saturated carbocycles. The first-order chi connectivity index (χ1) is 45.0. The Hall–Kier alpha value is -7.84. The van der Waals surface area contributed by atoms with E-state index in [4.69, 9.17) is 18.9 Å². The van der Waals surface area contributed by atoms with Crippen molar-refractivity contribution in [3.05, 3.63) is 145 Å². The number of carboxylic acids is 2. The molecule has 0 aliphatic carbocycles. The Balaban J connectivity index is 0.800. The van der Waals surface area contributed by atoms with Gasteiger partial charge < -0.3 is 91.7 Å². The highest BCUT2D eigenvalue weighted by Gasteiger charge is 2.57. The van der Waals surface area contributed by atoms with Crippen molar-refractivity contribution in [1.29, 1.82) is 0 Å². The first-order valence-corrected chi connectivity index (χ1v) is 32.7. The van der Waals surface area contributed by atoms with Gasteiger partial charge in [-0.25, -0.2) is 9.59 Å². The van der Waals surface area contributed by atoms with Crippen LogP contribution in [0.4, 0.5) is 11.4 Å². The Morgan fingerprint density at radius 2 is 0.840 bits per heavy atom. The summed E-state index contributed by atoms with van der Waals surface area (Å²) in [4.78, 5) is 102. The van der Waals surface area contributed by atoms with Crippen LogP contribution in [0.1, 0.15) is 73.1 Å². The number of carbonyl (C=O) groups is 8. The van der Waals surface area contributed by atoms with Crippen LogP contribution < -0.4 is 31.9 Å². The fraction of sp³-hybridized carbons (Fsp3) is 0.424. The normalized spacial score (nSPS) is 22.3. The molecule has 2 saturated heterocycles. The molecule has 6 amide bonds. The standard InChI is InChI=1S/C66H80N6O20S2/c1-39(73)69-55-49(75)35-65(63(85)86,91-59(55)57(81)51(77)37-67-61(83)45-23-19-43(20-24-45)41-13-5-3-6-14-41)89-29-11-31-93-33-27-53(79)71-47-17-9-10-18-48(47)72-54(80)28-34-94-32-12-30-90-66(64(87)88)36-50(76)56(70-40(2)74)60(92-66)58(82)52(78)38-68-62(84)46-25-21-44(22-26-46)42-15-7-4-8-16-42/h3-10,13-26,49-52,55-60,75-78,81-82H,11-12,27-38H2,1-2H3,(H,67,83)(H,68,84)(H,69,73)(H,70,74)(H,71,79)(H,72,80)(H,85,86)(H,87,88)/t49-,50-,51+,52+,55+,56+,57+,58+,59+,60+,65+,66+/m0/s1. The molecule has 0 spiro atoms. The maximum absolute atomic E-state index is 13.1. The van der Waals surface area contributed by atoms with Crippen molar-refractivity contribution in [2.75, 3.05) is 59.9 Å². The van der Waals surface area contributed by atoms with E-state index in [1.807, 2.05) is 60.7 Å². The second kappa shape index (κ2) is 35.6. The maximum Gasteiger partial charge on any atom is 0.364 e. The maximum atomic E-state index is 13.1. The van der Waals surface area contributed by atoms with Gasteiger partial charge >= 0.3 is 11.9 Å². The van der Waals surface area contributed by atoms with Gasteiger partial charge in [-0.05, 0) is 83.0 Å². The second-order valence-electron chi connectivity index (χ2n) is 22.5. The number of aliphatic hydroxyl groups is 6. The van der Waals surface area contributed by atoms with Crippen molar-refractivity contribution in [1.82, 2.24) is 21.3 Å². The summed E-state index contributed by atoms with van der Waals surface area (Å²) >= 11 is 2.71. The number of amides is 6. The van der Waals surface area contributed by atoms with Crippen molar-refractivity contribution in [2.24, 2.45) is 0 Å². The lowest BCUT2D eigenvalue weighted by Gasteiger charge is -2.46. The third kappa shape index (κ3) is 20.8. The molecule has 2 aliphatic rings. The fourth-order valence-corrected chi connectivity index (χ4v) is 12.2. The highest BCUT2D eigenvalue weighted by Crippen LogP contribution is 2.36. The van der Waals surface area contributed by atoms with Crippen LogP contribution in [0.15, 0.2) is 133 Å². The van der Waals surface area contributed by atoms with Crippen molar-refractivity contribution < 1.29 is 98.2 Å².